The minimum Gasteiger partial charge on any atom is -0.456 e. The van der Waals surface area contributed by atoms with Crippen molar-refractivity contribution in [1.82, 2.24) is 24.8 Å². The number of nitrogens with zero attached hydrogens (tertiary/aromatic N) is 4. The van der Waals surface area contributed by atoms with E-state index >= 15 is 0 Å². The Hall–Kier alpha value is -3.77. The molecule has 5 atom stereocenters. The highest BCUT2D eigenvalue weighted by Gasteiger charge is 2.78. The van der Waals surface area contributed by atoms with Crippen molar-refractivity contribution in [2.45, 2.75) is 38.0 Å². The third-order valence-corrected chi connectivity index (χ3v) is 8.43. The van der Waals surface area contributed by atoms with Gasteiger partial charge in [-0.3, -0.25) is 14.4 Å². The monoisotopic (exact) mass is 600 g/mol. The summed E-state index contributed by atoms with van der Waals surface area (Å²) in [7, 11) is 1.50. The van der Waals surface area contributed by atoms with Crippen molar-refractivity contribution in [2.24, 2.45) is 22.8 Å². The number of anilines is 1. The van der Waals surface area contributed by atoms with Gasteiger partial charge in [0, 0.05) is 19.5 Å². The lowest BCUT2D eigenvalue weighted by Crippen LogP contribution is -2.47. The quantitative estimate of drug-likeness (QED) is 0.201. The van der Waals surface area contributed by atoms with Crippen LogP contribution in [-0.4, -0.2) is 76.3 Å². The van der Waals surface area contributed by atoms with Gasteiger partial charge >= 0.3 is 11.9 Å². The molecule has 0 aliphatic heterocycles. The van der Waals surface area contributed by atoms with Crippen LogP contribution in [0.25, 0.3) is 11.2 Å². The summed E-state index contributed by atoms with van der Waals surface area (Å²) >= 11 is 7.38. The maximum absolute atomic E-state index is 13.2. The number of esters is 2. The van der Waals surface area contributed by atoms with Crippen LogP contribution in [0.1, 0.15) is 36.5 Å². The molecule has 6 N–H and O–H groups in total. The fraction of sp³-hybridized carbons (Fsp3) is 0.462. The molecule has 3 heterocycles. The number of hydrogen-bond donors (Lipinski definition) is 4. The molecule has 0 radical (unpaired) electrons. The van der Waals surface area contributed by atoms with E-state index in [4.69, 9.17) is 37.5 Å². The molecule has 1 amide bonds. The van der Waals surface area contributed by atoms with Gasteiger partial charge < -0.3 is 36.1 Å². The van der Waals surface area contributed by atoms with Gasteiger partial charge in [0.05, 0.1) is 40.1 Å². The highest BCUT2D eigenvalue weighted by molar-refractivity contribution is 7.16. The third-order valence-electron chi connectivity index (χ3n) is 7.28. The maximum atomic E-state index is 13.2. The molecule has 5 rings (SSSR count). The second kappa shape index (κ2) is 11.6. The lowest BCUT2D eigenvalue weighted by molar-refractivity contribution is -0.172. The molecule has 0 bridgehead atoms. The highest BCUT2D eigenvalue weighted by atomic mass is 35.5. The number of halogens is 1. The molecule has 216 valence electrons. The van der Waals surface area contributed by atoms with E-state index in [0.29, 0.717) is 34.3 Å². The standard InChI is InChI=1S/C26H29ClN8O5S/c1-3-8-31-23-19-24(34-16(33-23)7-5-13-4-6-15(27)41-13)35(12-32-19)20-14-9-26(14,25(38)30-2)22(40-18(37)11-29)21(20)39-17(36)10-28/h4,6,12,14,20-22H,3,8-11,28-29H2,1-2H3,(H,30,38)(H,31,33,34)/t14?,20?,21-,22?,26?/m0/s1. The van der Waals surface area contributed by atoms with Crippen molar-refractivity contribution >= 4 is 57.8 Å². The number of carbonyl (C=O) groups excluding carboxylic acids is 3. The fourth-order valence-corrected chi connectivity index (χ4v) is 6.38. The average molecular weight is 601 g/mol. The number of nitrogens with two attached hydrogens (primary N) is 2. The third kappa shape index (κ3) is 5.21. The number of amides is 1. The minimum atomic E-state index is -1.13. The second-order valence-electron chi connectivity index (χ2n) is 9.69. The van der Waals surface area contributed by atoms with Gasteiger partial charge in [-0.2, -0.15) is 0 Å². The summed E-state index contributed by atoms with van der Waals surface area (Å²) in [5.41, 5.74) is 10.8. The zero-order chi connectivity index (χ0) is 29.3. The Morgan fingerprint density at radius 2 is 1.95 bits per heavy atom. The molecular formula is C26H29ClN8O5S. The van der Waals surface area contributed by atoms with E-state index in [1.807, 2.05) is 13.0 Å². The summed E-state index contributed by atoms with van der Waals surface area (Å²) < 4.78 is 13.8. The van der Waals surface area contributed by atoms with Crippen LogP contribution < -0.4 is 22.1 Å². The van der Waals surface area contributed by atoms with Crippen LogP contribution in [0, 0.1) is 23.2 Å². The van der Waals surface area contributed by atoms with Gasteiger partial charge in [0.15, 0.2) is 29.2 Å². The maximum Gasteiger partial charge on any atom is 0.320 e. The van der Waals surface area contributed by atoms with Gasteiger partial charge in [0.25, 0.3) is 0 Å². The SMILES string of the molecule is CCCNc1nc(C#Cc2ccc(Cl)s2)nc2c1ncn2C1C2CC2(C(=O)NC)C(OC(=O)CN)[C@H]1OC(=O)CN. The topological polar surface area (TPSA) is 189 Å². The van der Waals surface area contributed by atoms with E-state index in [-0.39, 0.29) is 17.6 Å². The van der Waals surface area contributed by atoms with Crippen molar-refractivity contribution in [2.75, 3.05) is 32.0 Å². The van der Waals surface area contributed by atoms with Crippen molar-refractivity contribution in [3.63, 3.8) is 0 Å². The first-order valence-corrected chi connectivity index (χ1v) is 14.2. The summed E-state index contributed by atoms with van der Waals surface area (Å²) in [5, 5.41) is 5.94. The van der Waals surface area contributed by atoms with Gasteiger partial charge in [0.1, 0.15) is 0 Å². The van der Waals surface area contributed by atoms with Gasteiger partial charge in [-0.05, 0) is 36.8 Å². The summed E-state index contributed by atoms with van der Waals surface area (Å²) in [6.45, 7) is 1.85. The molecule has 2 aliphatic carbocycles. The van der Waals surface area contributed by atoms with Crippen LogP contribution in [0.2, 0.25) is 4.34 Å². The Balaban J connectivity index is 1.64. The Morgan fingerprint density at radius 3 is 2.61 bits per heavy atom. The number of fused-ring (bicyclic) bond motifs is 2. The van der Waals surface area contributed by atoms with Gasteiger partial charge in [-0.1, -0.05) is 18.5 Å². The summed E-state index contributed by atoms with van der Waals surface area (Å²) in [5.74, 6) is 4.59. The molecule has 0 spiro atoms. The van der Waals surface area contributed by atoms with Crippen LogP contribution in [0.3, 0.4) is 0 Å². The molecule has 2 fully saturated rings. The van der Waals surface area contributed by atoms with Crippen molar-refractivity contribution in [3.05, 3.63) is 33.5 Å². The molecule has 3 aromatic rings. The normalized spacial score (nSPS) is 24.2. The lowest BCUT2D eigenvalue weighted by atomic mass is 9.97. The first kappa shape index (κ1) is 28.7. The van der Waals surface area contributed by atoms with Crippen LogP contribution in [-0.2, 0) is 23.9 Å². The molecule has 13 nitrogen and oxygen atoms in total. The smallest absolute Gasteiger partial charge is 0.320 e. The van der Waals surface area contributed by atoms with E-state index in [1.54, 1.807) is 17.0 Å². The number of aromatic nitrogens is 4. The van der Waals surface area contributed by atoms with Crippen LogP contribution >= 0.6 is 22.9 Å². The average Bonchev–Trinajstić information content (AvgIpc) is 3.21. The molecule has 0 aromatic carbocycles. The van der Waals surface area contributed by atoms with Gasteiger partial charge in [-0.15, -0.1) is 11.3 Å². The molecule has 4 unspecified atom stereocenters. The molecule has 15 heteroatoms. The van der Waals surface area contributed by atoms with Crippen LogP contribution in [0.15, 0.2) is 18.5 Å². The summed E-state index contributed by atoms with van der Waals surface area (Å²) in [6.07, 6.45) is 0.629. The number of ether oxygens (including phenoxy) is 2. The Labute approximate surface area is 244 Å². The van der Waals surface area contributed by atoms with E-state index in [2.05, 4.69) is 32.4 Å². The molecule has 3 aromatic heterocycles. The predicted molar refractivity (Wildman–Crippen MR) is 151 cm³/mol. The number of thiophene rings is 1. The first-order chi connectivity index (χ1) is 19.8. The van der Waals surface area contributed by atoms with Crippen molar-refractivity contribution < 1.29 is 23.9 Å². The number of rotatable bonds is 9. The van der Waals surface area contributed by atoms with Crippen molar-refractivity contribution in [3.8, 4) is 11.8 Å². The van der Waals surface area contributed by atoms with Gasteiger partial charge in [-0.25, -0.2) is 15.0 Å². The van der Waals surface area contributed by atoms with Gasteiger partial charge in [0.2, 0.25) is 11.7 Å². The molecule has 2 aliphatic rings. The number of carbonyl (C=O) groups is 3. The largest absolute Gasteiger partial charge is 0.456 e. The van der Waals surface area contributed by atoms with E-state index in [9.17, 15) is 14.4 Å². The molecule has 2 saturated carbocycles. The zero-order valence-electron chi connectivity index (χ0n) is 22.3. The van der Waals surface area contributed by atoms with E-state index in [0.717, 1.165) is 11.3 Å². The highest BCUT2D eigenvalue weighted by Crippen LogP contribution is 2.69. The van der Waals surface area contributed by atoms with Crippen molar-refractivity contribution in [1.29, 1.82) is 0 Å². The Morgan fingerprint density at radius 1 is 1.20 bits per heavy atom. The minimum absolute atomic E-state index is 0.232. The second-order valence-corrected chi connectivity index (χ2v) is 11.4. The van der Waals surface area contributed by atoms with E-state index < -0.39 is 48.7 Å². The number of nitrogens with one attached hydrogen (secondary N) is 2. The molecular weight excluding hydrogens is 572 g/mol. The number of hydrogen-bond acceptors (Lipinski definition) is 12. The Kier molecular flexibility index (Phi) is 8.14. The number of imidazole rings is 1. The molecule has 41 heavy (non-hydrogen) atoms. The zero-order valence-corrected chi connectivity index (χ0v) is 23.9. The van der Waals surface area contributed by atoms with Crippen LogP contribution in [0.5, 0.6) is 0 Å². The lowest BCUT2D eigenvalue weighted by Gasteiger charge is -2.30. The predicted octanol–water partition coefficient (Wildman–Crippen LogP) is 0.811. The Bertz CT molecular complexity index is 1560. The summed E-state index contributed by atoms with van der Waals surface area (Å²) in [6, 6.07) is 2.91. The first-order valence-electron chi connectivity index (χ1n) is 13.0. The fourth-order valence-electron chi connectivity index (χ4n) is 5.48. The summed E-state index contributed by atoms with van der Waals surface area (Å²) in [4.78, 5) is 52.6. The van der Waals surface area contributed by atoms with E-state index in [1.165, 1.54) is 18.4 Å². The van der Waals surface area contributed by atoms with Crippen LogP contribution in [0.4, 0.5) is 5.82 Å². The molecule has 0 saturated heterocycles.